The van der Waals surface area contributed by atoms with Gasteiger partial charge in [0.15, 0.2) is 23.0 Å². The minimum Gasteiger partial charge on any atom is -0.493 e. The number of allylic oxidation sites excluding steroid dienone is 1. The van der Waals surface area contributed by atoms with Crippen molar-refractivity contribution in [3.8, 4) is 23.0 Å². The van der Waals surface area contributed by atoms with Gasteiger partial charge in [-0.2, -0.15) is 0 Å². The molecule has 0 radical (unpaired) electrons. The molecule has 5 heteroatoms. The lowest BCUT2D eigenvalue weighted by Gasteiger charge is -2.48. The Morgan fingerprint density at radius 3 is 2.35 bits per heavy atom. The summed E-state index contributed by atoms with van der Waals surface area (Å²) in [4.78, 5) is 2.71. The average Bonchev–Trinajstić information content (AvgIpc) is 3.67. The highest BCUT2D eigenvalue weighted by Gasteiger charge is 2.43. The molecule has 5 nitrogen and oxygen atoms in total. The molecule has 0 unspecified atom stereocenters. The second-order valence-electron chi connectivity index (χ2n) is 12.0. The number of benzene rings is 3. The second-order valence-corrected chi connectivity index (χ2v) is 12.0. The standard InChI is InChI=1S/C35H39NO4/c1-21(2)23-11-9-22(10-12-23)17-28-26-13-14-29(37-3)35(38-4)32(26)33(24-7-5-6-8-24)36-16-15-25-18-30-31(40-20-39-30)19-27(25)34(28)36/h9-14,18-19,21,24,33H,5-8,15-17,20H2,1-4H3/t33-/m0/s1. The molecule has 1 atom stereocenters. The van der Waals surface area contributed by atoms with Crippen molar-refractivity contribution in [1.82, 2.24) is 4.90 Å². The van der Waals surface area contributed by atoms with E-state index < -0.39 is 0 Å². The van der Waals surface area contributed by atoms with Gasteiger partial charge >= 0.3 is 0 Å². The Morgan fingerprint density at radius 1 is 0.900 bits per heavy atom. The Morgan fingerprint density at radius 2 is 1.65 bits per heavy atom. The second kappa shape index (κ2) is 10.1. The predicted octanol–water partition coefficient (Wildman–Crippen LogP) is 7.77. The van der Waals surface area contributed by atoms with Gasteiger partial charge in [-0.15, -0.1) is 0 Å². The van der Waals surface area contributed by atoms with Crippen LogP contribution in [0.1, 0.15) is 84.9 Å². The molecule has 0 bridgehead atoms. The third kappa shape index (κ3) is 4.05. The number of hydrogen-bond acceptors (Lipinski definition) is 5. The summed E-state index contributed by atoms with van der Waals surface area (Å²) in [5.41, 5.74) is 10.6. The number of ether oxygens (including phenoxy) is 4. The summed E-state index contributed by atoms with van der Waals surface area (Å²) in [5, 5.41) is 0. The van der Waals surface area contributed by atoms with Crippen LogP contribution >= 0.6 is 0 Å². The summed E-state index contributed by atoms with van der Waals surface area (Å²) in [5.74, 6) is 4.52. The molecule has 4 aliphatic rings. The largest absolute Gasteiger partial charge is 0.493 e. The number of fused-ring (bicyclic) bond motifs is 5. The molecule has 0 aromatic heterocycles. The third-order valence-electron chi connectivity index (χ3n) is 9.46. The van der Waals surface area contributed by atoms with E-state index >= 15 is 0 Å². The first kappa shape index (κ1) is 25.4. The van der Waals surface area contributed by atoms with E-state index in [1.807, 2.05) is 0 Å². The summed E-state index contributed by atoms with van der Waals surface area (Å²) in [6.07, 6.45) is 6.90. The van der Waals surface area contributed by atoms with Gasteiger partial charge in [0.05, 0.1) is 20.3 Å². The molecule has 0 saturated heterocycles. The van der Waals surface area contributed by atoms with E-state index in [4.69, 9.17) is 18.9 Å². The van der Waals surface area contributed by atoms with E-state index in [2.05, 4.69) is 67.3 Å². The van der Waals surface area contributed by atoms with Crippen molar-refractivity contribution in [3.05, 3.63) is 81.9 Å². The van der Waals surface area contributed by atoms with Gasteiger partial charge in [-0.05, 0) is 77.1 Å². The molecular formula is C35H39NO4. The van der Waals surface area contributed by atoms with E-state index in [1.54, 1.807) is 14.2 Å². The SMILES string of the molecule is COc1ccc2c(c1OC)[C@H](C1CCCC1)N1CCc3cc4c(cc3C1=C2Cc1ccc(C(C)C)cc1)OCO4. The van der Waals surface area contributed by atoms with Crippen molar-refractivity contribution in [1.29, 1.82) is 0 Å². The fourth-order valence-corrected chi connectivity index (χ4v) is 7.49. The van der Waals surface area contributed by atoms with Crippen LogP contribution < -0.4 is 18.9 Å². The van der Waals surface area contributed by atoms with Crippen LogP contribution in [0.15, 0.2) is 48.5 Å². The van der Waals surface area contributed by atoms with E-state index in [-0.39, 0.29) is 6.04 Å². The zero-order valence-electron chi connectivity index (χ0n) is 24.1. The first-order chi connectivity index (χ1) is 19.6. The molecule has 3 aromatic rings. The molecule has 3 heterocycles. The predicted molar refractivity (Wildman–Crippen MR) is 158 cm³/mol. The Labute approximate surface area is 237 Å². The molecule has 1 saturated carbocycles. The Kier molecular flexibility index (Phi) is 6.41. The minimum atomic E-state index is 0.253. The number of hydrogen-bond donors (Lipinski definition) is 0. The fourth-order valence-electron chi connectivity index (χ4n) is 7.49. The van der Waals surface area contributed by atoms with Gasteiger partial charge in [-0.1, -0.05) is 57.0 Å². The highest BCUT2D eigenvalue weighted by Crippen LogP contribution is 2.57. The minimum absolute atomic E-state index is 0.253. The third-order valence-corrected chi connectivity index (χ3v) is 9.46. The van der Waals surface area contributed by atoms with E-state index in [1.165, 1.54) is 70.3 Å². The molecule has 1 fully saturated rings. The van der Waals surface area contributed by atoms with Gasteiger partial charge in [0.25, 0.3) is 0 Å². The summed E-state index contributed by atoms with van der Waals surface area (Å²) in [6.45, 7) is 5.76. The first-order valence-corrected chi connectivity index (χ1v) is 14.8. The number of nitrogens with zero attached hydrogens (tertiary/aromatic N) is 1. The summed E-state index contributed by atoms with van der Waals surface area (Å²) >= 11 is 0. The lowest BCUT2D eigenvalue weighted by Crippen LogP contribution is -2.40. The van der Waals surface area contributed by atoms with Crippen LogP contribution in [0.3, 0.4) is 0 Å². The first-order valence-electron chi connectivity index (χ1n) is 14.8. The van der Waals surface area contributed by atoms with Crippen molar-refractivity contribution in [2.75, 3.05) is 27.6 Å². The summed E-state index contributed by atoms with van der Waals surface area (Å²) < 4.78 is 23.7. The monoisotopic (exact) mass is 537 g/mol. The van der Waals surface area contributed by atoms with Crippen molar-refractivity contribution in [3.63, 3.8) is 0 Å². The number of methoxy groups -OCH3 is 2. The lowest BCUT2D eigenvalue weighted by atomic mass is 9.76. The van der Waals surface area contributed by atoms with Crippen LogP contribution in [0.2, 0.25) is 0 Å². The smallest absolute Gasteiger partial charge is 0.231 e. The molecule has 208 valence electrons. The van der Waals surface area contributed by atoms with E-state index in [9.17, 15) is 0 Å². The van der Waals surface area contributed by atoms with Crippen LogP contribution in [0.25, 0.3) is 11.3 Å². The molecule has 3 aromatic carbocycles. The zero-order valence-corrected chi connectivity index (χ0v) is 24.1. The molecule has 1 aliphatic carbocycles. The summed E-state index contributed by atoms with van der Waals surface area (Å²) in [6, 6.07) is 18.3. The van der Waals surface area contributed by atoms with Crippen molar-refractivity contribution >= 4 is 11.3 Å². The molecule has 7 rings (SSSR count). The van der Waals surface area contributed by atoms with E-state index in [0.717, 1.165) is 42.4 Å². The maximum atomic E-state index is 6.16. The van der Waals surface area contributed by atoms with Crippen LogP contribution in [0.4, 0.5) is 0 Å². The van der Waals surface area contributed by atoms with Gasteiger partial charge in [0, 0.05) is 29.8 Å². The van der Waals surface area contributed by atoms with Crippen LogP contribution in [0.5, 0.6) is 23.0 Å². The van der Waals surface area contributed by atoms with Gasteiger partial charge in [0.2, 0.25) is 6.79 Å². The van der Waals surface area contributed by atoms with Gasteiger partial charge < -0.3 is 23.8 Å². The highest BCUT2D eigenvalue weighted by molar-refractivity contribution is 5.96. The maximum absolute atomic E-state index is 6.16. The quantitative estimate of drug-likeness (QED) is 0.321. The normalized spacial score (nSPS) is 19.5. The molecule has 40 heavy (non-hydrogen) atoms. The van der Waals surface area contributed by atoms with E-state index in [0.29, 0.717) is 18.6 Å². The molecule has 0 N–H and O–H groups in total. The topological polar surface area (TPSA) is 40.2 Å². The molecular weight excluding hydrogens is 498 g/mol. The van der Waals surface area contributed by atoms with Crippen molar-refractivity contribution < 1.29 is 18.9 Å². The molecule has 3 aliphatic heterocycles. The Balaban J connectivity index is 1.48. The molecule has 0 spiro atoms. The fraction of sp³-hybridized carbons (Fsp3) is 0.429. The van der Waals surface area contributed by atoms with Gasteiger partial charge in [-0.3, -0.25) is 0 Å². The van der Waals surface area contributed by atoms with Crippen molar-refractivity contribution in [2.24, 2.45) is 5.92 Å². The maximum Gasteiger partial charge on any atom is 0.231 e. The average molecular weight is 538 g/mol. The van der Waals surface area contributed by atoms with Crippen molar-refractivity contribution in [2.45, 2.75) is 64.3 Å². The van der Waals surface area contributed by atoms with Crippen LogP contribution in [-0.2, 0) is 12.8 Å². The lowest BCUT2D eigenvalue weighted by molar-refractivity contribution is 0.174. The molecule has 0 amide bonds. The summed E-state index contributed by atoms with van der Waals surface area (Å²) in [7, 11) is 3.54. The van der Waals surface area contributed by atoms with Crippen LogP contribution in [0, 0.1) is 5.92 Å². The van der Waals surface area contributed by atoms with Gasteiger partial charge in [0.1, 0.15) is 0 Å². The van der Waals surface area contributed by atoms with Crippen LogP contribution in [-0.4, -0.2) is 32.5 Å². The number of rotatable bonds is 6. The Hall–Kier alpha value is -3.60. The van der Waals surface area contributed by atoms with Gasteiger partial charge in [-0.25, -0.2) is 0 Å². The highest BCUT2D eigenvalue weighted by atomic mass is 16.7. The Bertz CT molecular complexity index is 1470. The zero-order chi connectivity index (χ0) is 27.4.